The van der Waals surface area contributed by atoms with Crippen molar-refractivity contribution in [3.63, 3.8) is 0 Å². The van der Waals surface area contributed by atoms with E-state index in [4.69, 9.17) is 11.6 Å². The summed E-state index contributed by atoms with van der Waals surface area (Å²) in [4.78, 5) is 9.63. The van der Waals surface area contributed by atoms with Crippen LogP contribution < -0.4 is 4.72 Å². The van der Waals surface area contributed by atoms with E-state index in [0.717, 1.165) is 11.0 Å². The van der Waals surface area contributed by atoms with Crippen molar-refractivity contribution in [3.05, 3.63) is 0 Å². The summed E-state index contributed by atoms with van der Waals surface area (Å²) in [5.74, 6) is 0. The van der Waals surface area contributed by atoms with Crippen LogP contribution in [0.1, 0.15) is 0 Å². The number of nitrogens with one attached hydrogen (secondary N) is 1. The van der Waals surface area contributed by atoms with E-state index in [9.17, 15) is 4.79 Å². The molecule has 0 heterocycles. The molecule has 2 nitrogen and oxygen atoms in total. The van der Waals surface area contributed by atoms with Gasteiger partial charge in [0.15, 0.2) is 0 Å². The molecule has 0 spiro atoms. The third kappa shape index (κ3) is 4.46. The summed E-state index contributed by atoms with van der Waals surface area (Å²) in [5.41, 5.74) is 0. The molecule has 0 aliphatic rings. The molecule has 0 aliphatic heterocycles. The molecule has 0 aromatic carbocycles. The van der Waals surface area contributed by atoms with E-state index in [1.54, 1.807) is 0 Å². The van der Waals surface area contributed by atoms with Gasteiger partial charge in [0.25, 0.3) is 0 Å². The molecule has 0 aromatic rings. The number of thiol groups is 1. The Bertz CT molecular complexity index is 57.5. The van der Waals surface area contributed by atoms with Crippen LogP contribution in [-0.4, -0.2) is 5.37 Å². The Balaban J connectivity index is 2.83. The van der Waals surface area contributed by atoms with Crippen LogP contribution in [0.5, 0.6) is 0 Å². The molecule has 0 fully saturated rings. The van der Waals surface area contributed by atoms with Gasteiger partial charge in [-0.25, -0.2) is 0 Å². The van der Waals surface area contributed by atoms with Crippen LogP contribution in [-0.2, 0) is 0 Å². The van der Waals surface area contributed by atoms with Gasteiger partial charge in [-0.3, -0.25) is 9.52 Å². The van der Waals surface area contributed by atoms with E-state index in [1.165, 1.54) is 0 Å². The highest BCUT2D eigenvalue weighted by Gasteiger charge is 1.84. The van der Waals surface area contributed by atoms with Gasteiger partial charge in [-0.1, -0.05) is 11.7 Å². The lowest BCUT2D eigenvalue weighted by atomic mass is 11.5. The first kappa shape index (κ1) is 6.46. The van der Waals surface area contributed by atoms with Crippen molar-refractivity contribution < 1.29 is 4.79 Å². The molecule has 5 heteroatoms. The maximum atomic E-state index is 9.63. The van der Waals surface area contributed by atoms with Crippen molar-refractivity contribution in [1.29, 1.82) is 0 Å². The smallest absolute Gasteiger partial charge is 0.277 e. The number of rotatable bonds is 1. The van der Waals surface area contributed by atoms with Gasteiger partial charge < -0.3 is 0 Å². The molecule has 1 N–H and O–H groups in total. The zero-order valence-electron chi connectivity index (χ0n) is 2.64. The Kier molecular flexibility index (Phi) is 3.92. The molecule has 0 bridgehead atoms. The normalized spacial score (nSPS) is 7.67. The number of carbonyl (C=O) groups excluding carboxylic acids is 1. The second-order valence-electron chi connectivity index (χ2n) is 0.467. The van der Waals surface area contributed by atoms with Gasteiger partial charge in [0, 0.05) is 11.0 Å². The monoisotopic (exact) mass is 143 g/mol. The zero-order chi connectivity index (χ0) is 4.99. The molecule has 6 heavy (non-hydrogen) atoms. The average Bonchev–Trinajstić information content (AvgIpc) is 1.35. The summed E-state index contributed by atoms with van der Waals surface area (Å²) < 4.78 is 2.12. The highest BCUT2D eigenvalue weighted by Crippen LogP contribution is 1.97. The highest BCUT2D eigenvalue weighted by atomic mass is 35.5. The van der Waals surface area contributed by atoms with Crippen molar-refractivity contribution >= 4 is 39.6 Å². The van der Waals surface area contributed by atoms with E-state index < -0.39 is 5.37 Å². The van der Waals surface area contributed by atoms with Crippen LogP contribution in [0.2, 0.25) is 0 Å². The van der Waals surface area contributed by atoms with Crippen LogP contribution in [0.25, 0.3) is 0 Å². The average molecular weight is 144 g/mol. The number of amides is 1. The molecule has 0 atom stereocenters. The van der Waals surface area contributed by atoms with Gasteiger partial charge in [0.2, 0.25) is 0 Å². The Morgan fingerprint density at radius 3 is 2.50 bits per heavy atom. The minimum Gasteiger partial charge on any atom is -0.277 e. The Morgan fingerprint density at radius 2 is 2.50 bits per heavy atom. The van der Waals surface area contributed by atoms with E-state index >= 15 is 0 Å². The first-order valence-electron chi connectivity index (χ1n) is 1.03. The molecule has 0 aromatic heterocycles. The Labute approximate surface area is 49.6 Å². The van der Waals surface area contributed by atoms with Crippen molar-refractivity contribution in [1.82, 2.24) is 4.72 Å². The first-order chi connectivity index (χ1) is 2.77. The zero-order valence-corrected chi connectivity index (χ0v) is 5.11. The second kappa shape index (κ2) is 3.64. The van der Waals surface area contributed by atoms with Crippen LogP contribution in [0, 0.1) is 0 Å². The maximum absolute atomic E-state index is 9.63. The Hall–Kier alpha value is 0.460. The highest BCUT2D eigenvalue weighted by molar-refractivity contribution is 8.68. The van der Waals surface area contributed by atoms with Gasteiger partial charge in [-0.2, -0.15) is 0 Å². The fourth-order valence-electron chi connectivity index (χ4n) is 0.0359. The second-order valence-corrected chi connectivity index (χ2v) is 1.74. The fraction of sp³-hybridized carbons (Fsp3) is 0. The maximum Gasteiger partial charge on any atom is 0.324 e. The largest absolute Gasteiger partial charge is 0.324 e. The number of hydrogen-bond donors (Lipinski definition) is 2. The third-order valence-electron chi connectivity index (χ3n) is 0.126. The molecule has 0 radical (unpaired) electrons. The first-order valence-corrected chi connectivity index (χ1v) is 3.28. The molecule has 36 valence electrons. The summed E-state index contributed by atoms with van der Waals surface area (Å²) in [6.45, 7) is 0. The van der Waals surface area contributed by atoms with Gasteiger partial charge >= 0.3 is 5.37 Å². The van der Waals surface area contributed by atoms with Crippen LogP contribution in [0.3, 0.4) is 0 Å². The topological polar surface area (TPSA) is 29.1 Å². The predicted molar refractivity (Wildman–Crippen MR) is 31.0 cm³/mol. The molecule has 0 rings (SSSR count). The molecule has 0 saturated carbocycles. The lowest BCUT2D eigenvalue weighted by Crippen LogP contribution is -2.01. The van der Waals surface area contributed by atoms with E-state index in [-0.39, 0.29) is 0 Å². The van der Waals surface area contributed by atoms with E-state index in [2.05, 4.69) is 16.4 Å². The Morgan fingerprint density at radius 1 is 2.00 bits per heavy atom. The van der Waals surface area contributed by atoms with Crippen molar-refractivity contribution in [2.24, 2.45) is 0 Å². The van der Waals surface area contributed by atoms with Gasteiger partial charge in [0.1, 0.15) is 0 Å². The van der Waals surface area contributed by atoms with E-state index in [0.29, 0.717) is 0 Å². The predicted octanol–water partition coefficient (Wildman–Crippen LogP) is 1.43. The lowest BCUT2D eigenvalue weighted by Gasteiger charge is -1.83. The molecule has 0 aliphatic carbocycles. The molecule has 0 saturated heterocycles. The summed E-state index contributed by atoms with van der Waals surface area (Å²) in [5, 5.41) is -0.602. The summed E-state index contributed by atoms with van der Waals surface area (Å²) >= 11 is 8.32. The van der Waals surface area contributed by atoms with Crippen LogP contribution >= 0.6 is 34.2 Å². The van der Waals surface area contributed by atoms with Gasteiger partial charge in [-0.05, 0) is 11.6 Å². The third-order valence-corrected chi connectivity index (χ3v) is 0.883. The number of carbonyl (C=O) groups is 1. The quantitative estimate of drug-likeness (QED) is 0.191. The van der Waals surface area contributed by atoms with Crippen molar-refractivity contribution in [3.8, 4) is 0 Å². The van der Waals surface area contributed by atoms with Crippen LogP contribution in [0.4, 0.5) is 4.79 Å². The number of hydrogen-bond acceptors (Lipinski definition) is 3. The molecule has 1 amide bonds. The van der Waals surface area contributed by atoms with Gasteiger partial charge in [-0.15, -0.1) is 0 Å². The summed E-state index contributed by atoms with van der Waals surface area (Å²) in [7, 11) is 0.873. The summed E-state index contributed by atoms with van der Waals surface area (Å²) in [6, 6.07) is 0. The van der Waals surface area contributed by atoms with Gasteiger partial charge in [0.05, 0.1) is 0 Å². The number of halogens is 1. The lowest BCUT2D eigenvalue weighted by molar-refractivity contribution is 0.264. The van der Waals surface area contributed by atoms with Crippen molar-refractivity contribution in [2.45, 2.75) is 0 Å². The minimum atomic E-state index is -0.602. The van der Waals surface area contributed by atoms with Crippen molar-refractivity contribution in [2.75, 3.05) is 0 Å². The SMILES string of the molecule is O=C(Cl)NSS. The standard InChI is InChI=1S/CH2ClNOS2/c2-1(4)3-6-5/h5H,(H,3,4). The minimum absolute atomic E-state index is 0.602. The fourth-order valence-corrected chi connectivity index (χ4v) is 0.633. The molecule has 0 unspecified atom stereocenters. The molecular formula is CH2ClNOS2. The van der Waals surface area contributed by atoms with E-state index in [1.807, 2.05) is 0 Å². The van der Waals surface area contributed by atoms with Crippen LogP contribution in [0.15, 0.2) is 0 Å². The molecular weight excluding hydrogens is 142 g/mol. The summed E-state index contributed by atoms with van der Waals surface area (Å²) in [6.07, 6.45) is 0.